The molecule has 6 nitrogen and oxygen atoms in total. The third-order valence-electron chi connectivity index (χ3n) is 2.20. The molecule has 116 valence electrons. The normalized spacial score (nSPS) is 10.9. The lowest BCUT2D eigenvalue weighted by Crippen LogP contribution is -2.30. The average molecular weight is 306 g/mol. The van der Waals surface area contributed by atoms with Crippen LogP contribution in [0.5, 0.6) is 5.75 Å². The number of hydrogen-bond acceptors (Lipinski definition) is 5. The topological polar surface area (TPSA) is 90.6 Å². The fourth-order valence-electron chi connectivity index (χ4n) is 1.37. The fraction of sp³-hybridized carbons (Fsp3) is 0.333. The minimum Gasteiger partial charge on any atom is -0.465 e. The van der Waals surface area contributed by atoms with Gasteiger partial charge in [0, 0.05) is 5.56 Å². The Kier molecular flexibility index (Phi) is 5.39. The molecule has 9 heteroatoms. The van der Waals surface area contributed by atoms with E-state index in [-0.39, 0.29) is 24.4 Å². The van der Waals surface area contributed by atoms with E-state index in [1.165, 1.54) is 0 Å². The maximum absolute atomic E-state index is 12.1. The van der Waals surface area contributed by atoms with Crippen LogP contribution in [0.4, 0.5) is 18.9 Å². The van der Waals surface area contributed by atoms with Crippen LogP contribution in [0.15, 0.2) is 18.2 Å². The van der Waals surface area contributed by atoms with Crippen LogP contribution >= 0.6 is 0 Å². The van der Waals surface area contributed by atoms with Crippen molar-refractivity contribution >= 4 is 17.6 Å². The summed E-state index contributed by atoms with van der Waals surface area (Å²) in [6.45, 7) is 1.43. The number of carbonyl (C=O) groups excluding carboxylic acids is 2. The number of benzene rings is 1. The van der Waals surface area contributed by atoms with Crippen molar-refractivity contribution < 1.29 is 32.2 Å². The van der Waals surface area contributed by atoms with Gasteiger partial charge in [-0.05, 0) is 25.1 Å². The molecule has 0 bridgehead atoms. The van der Waals surface area contributed by atoms with Crippen molar-refractivity contribution in [3.8, 4) is 5.75 Å². The van der Waals surface area contributed by atoms with E-state index in [0.29, 0.717) is 0 Å². The van der Waals surface area contributed by atoms with Gasteiger partial charge in [-0.25, -0.2) is 0 Å². The summed E-state index contributed by atoms with van der Waals surface area (Å²) in [6.07, 6.45) is -4.87. The molecule has 0 aliphatic rings. The molecule has 0 fully saturated rings. The van der Waals surface area contributed by atoms with Gasteiger partial charge in [-0.1, -0.05) is 0 Å². The first-order chi connectivity index (χ1) is 9.73. The van der Waals surface area contributed by atoms with E-state index >= 15 is 0 Å². The molecule has 0 heterocycles. The number of nitrogens with two attached hydrogens (primary N) is 1. The second-order valence-electron chi connectivity index (χ2n) is 3.79. The van der Waals surface area contributed by atoms with E-state index < -0.39 is 24.0 Å². The van der Waals surface area contributed by atoms with Crippen molar-refractivity contribution in [1.29, 1.82) is 0 Å². The summed E-state index contributed by atoms with van der Waals surface area (Å²) in [5.41, 5.74) is 5.01. The molecule has 1 rings (SSSR count). The van der Waals surface area contributed by atoms with Gasteiger partial charge in [-0.15, -0.1) is 13.2 Å². The number of esters is 1. The highest BCUT2D eigenvalue weighted by atomic mass is 19.4. The molecule has 1 aromatic rings. The van der Waals surface area contributed by atoms with Crippen LogP contribution in [0, 0.1) is 0 Å². The van der Waals surface area contributed by atoms with Crippen LogP contribution in [0.1, 0.15) is 17.3 Å². The van der Waals surface area contributed by atoms with E-state index in [0.717, 1.165) is 18.2 Å². The van der Waals surface area contributed by atoms with Gasteiger partial charge in [0.2, 0.25) is 0 Å². The average Bonchev–Trinajstić information content (AvgIpc) is 2.37. The number of anilines is 1. The van der Waals surface area contributed by atoms with Gasteiger partial charge >= 0.3 is 12.3 Å². The molecule has 0 saturated heterocycles. The van der Waals surface area contributed by atoms with Crippen LogP contribution in [0.2, 0.25) is 0 Å². The molecule has 1 amide bonds. The van der Waals surface area contributed by atoms with Crippen molar-refractivity contribution in [3.63, 3.8) is 0 Å². The summed E-state index contributed by atoms with van der Waals surface area (Å²) < 4.78 is 44.4. The van der Waals surface area contributed by atoms with Gasteiger partial charge in [0.1, 0.15) is 6.54 Å². The number of ether oxygens (including phenoxy) is 2. The summed E-state index contributed by atoms with van der Waals surface area (Å²) in [6, 6.07) is 3.03. The highest BCUT2D eigenvalue weighted by Gasteiger charge is 2.32. The van der Waals surface area contributed by atoms with Gasteiger partial charge < -0.3 is 20.5 Å². The van der Waals surface area contributed by atoms with Gasteiger partial charge in [0.05, 0.1) is 12.3 Å². The molecule has 0 aromatic heterocycles. The SMILES string of the molecule is CCOC(=O)CNC(=O)c1ccc(OC(F)(F)F)c(N)c1. The third-order valence-corrected chi connectivity index (χ3v) is 2.20. The molecule has 3 N–H and O–H groups in total. The summed E-state index contributed by atoms with van der Waals surface area (Å²) in [4.78, 5) is 22.7. The van der Waals surface area contributed by atoms with Crippen molar-refractivity contribution in [3.05, 3.63) is 23.8 Å². The first kappa shape index (κ1) is 16.6. The molecule has 0 unspecified atom stereocenters. The lowest BCUT2D eigenvalue weighted by molar-refractivity contribution is -0.274. The van der Waals surface area contributed by atoms with E-state index in [4.69, 9.17) is 5.73 Å². The number of nitrogen functional groups attached to an aromatic ring is 1. The van der Waals surface area contributed by atoms with Gasteiger partial charge in [-0.2, -0.15) is 0 Å². The molecule has 21 heavy (non-hydrogen) atoms. The highest BCUT2D eigenvalue weighted by Crippen LogP contribution is 2.28. The summed E-state index contributed by atoms with van der Waals surface area (Å²) in [5.74, 6) is -1.91. The van der Waals surface area contributed by atoms with Crippen LogP contribution in [0.3, 0.4) is 0 Å². The summed E-state index contributed by atoms with van der Waals surface area (Å²) in [5, 5.41) is 2.25. The molecule has 0 saturated carbocycles. The summed E-state index contributed by atoms with van der Waals surface area (Å²) in [7, 11) is 0. The maximum Gasteiger partial charge on any atom is 0.573 e. The Morgan fingerprint density at radius 3 is 2.52 bits per heavy atom. The van der Waals surface area contributed by atoms with E-state index in [1.807, 2.05) is 0 Å². The van der Waals surface area contributed by atoms with Crippen LogP contribution < -0.4 is 15.8 Å². The standard InChI is InChI=1S/C12H13F3N2O4/c1-2-20-10(18)6-17-11(19)7-3-4-9(8(16)5-7)21-12(13,14)15/h3-5H,2,6,16H2,1H3,(H,17,19). The zero-order valence-corrected chi connectivity index (χ0v) is 11.0. The molecular formula is C12H13F3N2O4. The summed E-state index contributed by atoms with van der Waals surface area (Å²) >= 11 is 0. The highest BCUT2D eigenvalue weighted by molar-refractivity contribution is 5.97. The largest absolute Gasteiger partial charge is 0.573 e. The first-order valence-electron chi connectivity index (χ1n) is 5.82. The Morgan fingerprint density at radius 1 is 1.33 bits per heavy atom. The van der Waals surface area contributed by atoms with Crippen molar-refractivity contribution in [2.75, 3.05) is 18.9 Å². The Hall–Kier alpha value is -2.45. The predicted octanol–water partition coefficient (Wildman–Crippen LogP) is 1.46. The lowest BCUT2D eigenvalue weighted by Gasteiger charge is -2.12. The van der Waals surface area contributed by atoms with Crippen molar-refractivity contribution in [1.82, 2.24) is 5.32 Å². The van der Waals surface area contributed by atoms with Gasteiger partial charge in [-0.3, -0.25) is 9.59 Å². The number of carbonyl (C=O) groups is 2. The van der Waals surface area contributed by atoms with E-state index in [1.54, 1.807) is 6.92 Å². The third kappa shape index (κ3) is 5.59. The van der Waals surface area contributed by atoms with Crippen molar-refractivity contribution in [2.24, 2.45) is 0 Å². The Morgan fingerprint density at radius 2 is 2.00 bits per heavy atom. The fourth-order valence-corrected chi connectivity index (χ4v) is 1.37. The van der Waals surface area contributed by atoms with Gasteiger partial charge in [0.25, 0.3) is 5.91 Å². The number of amides is 1. The predicted molar refractivity (Wildman–Crippen MR) is 66.5 cm³/mol. The zero-order valence-electron chi connectivity index (χ0n) is 11.0. The minimum atomic E-state index is -4.87. The van der Waals surface area contributed by atoms with E-state index in [2.05, 4.69) is 14.8 Å². The quantitative estimate of drug-likeness (QED) is 0.635. The molecule has 0 atom stereocenters. The number of halogens is 3. The molecule has 0 aliphatic carbocycles. The number of hydrogen-bond donors (Lipinski definition) is 2. The Labute approximate surface area is 118 Å². The van der Waals surface area contributed by atoms with Crippen molar-refractivity contribution in [2.45, 2.75) is 13.3 Å². The zero-order chi connectivity index (χ0) is 16.0. The number of rotatable bonds is 5. The Balaban J connectivity index is 2.70. The molecule has 0 aliphatic heterocycles. The van der Waals surface area contributed by atoms with Crippen LogP contribution in [-0.4, -0.2) is 31.4 Å². The second-order valence-corrected chi connectivity index (χ2v) is 3.79. The molecule has 0 radical (unpaired) electrons. The van der Waals surface area contributed by atoms with E-state index in [9.17, 15) is 22.8 Å². The Bertz CT molecular complexity index is 532. The lowest BCUT2D eigenvalue weighted by atomic mass is 10.2. The molecule has 0 spiro atoms. The maximum atomic E-state index is 12.1. The smallest absolute Gasteiger partial charge is 0.465 e. The number of nitrogens with one attached hydrogen (secondary N) is 1. The molecule has 1 aromatic carbocycles. The number of alkyl halides is 3. The first-order valence-corrected chi connectivity index (χ1v) is 5.82. The van der Waals surface area contributed by atoms with Gasteiger partial charge in [0.15, 0.2) is 5.75 Å². The van der Waals surface area contributed by atoms with Crippen LogP contribution in [-0.2, 0) is 9.53 Å². The van der Waals surface area contributed by atoms with Crippen LogP contribution in [0.25, 0.3) is 0 Å². The second kappa shape index (κ2) is 6.82. The monoisotopic (exact) mass is 306 g/mol. The minimum absolute atomic E-state index is 0.00803. The molecular weight excluding hydrogens is 293 g/mol.